The van der Waals surface area contributed by atoms with Crippen LogP contribution in [0.4, 0.5) is 5.13 Å². The summed E-state index contributed by atoms with van der Waals surface area (Å²) in [6, 6.07) is 5.74. The fraction of sp³-hybridized carbons (Fsp3) is 0.519. The summed E-state index contributed by atoms with van der Waals surface area (Å²) in [7, 11) is 0. The first-order valence-corrected chi connectivity index (χ1v) is 13.3. The Bertz CT molecular complexity index is 1170. The van der Waals surface area contributed by atoms with Crippen LogP contribution in [0.3, 0.4) is 0 Å². The maximum Gasteiger partial charge on any atom is 0.226 e. The molecule has 3 unspecified atom stereocenters. The Balaban J connectivity index is 1.37. The highest BCUT2D eigenvalue weighted by Crippen LogP contribution is 2.64. The zero-order valence-corrected chi connectivity index (χ0v) is 21.0. The van der Waals surface area contributed by atoms with Crippen LogP contribution in [0.2, 0.25) is 0 Å². The molecule has 5 rings (SSSR count). The quantitative estimate of drug-likeness (QED) is 0.314. The molecule has 0 saturated heterocycles. The van der Waals surface area contributed by atoms with Crippen LogP contribution in [0.15, 0.2) is 35.7 Å². The Morgan fingerprint density at radius 2 is 2.17 bits per heavy atom. The minimum absolute atomic E-state index is 0.00600. The van der Waals surface area contributed by atoms with E-state index in [0.29, 0.717) is 46.8 Å². The topological polar surface area (TPSA) is 112 Å². The molecule has 3 aliphatic carbocycles. The molecule has 3 aliphatic rings. The van der Waals surface area contributed by atoms with E-state index in [-0.39, 0.29) is 23.2 Å². The molecule has 1 amide bonds. The summed E-state index contributed by atoms with van der Waals surface area (Å²) < 4.78 is 0. The van der Waals surface area contributed by atoms with Crippen LogP contribution in [0, 0.1) is 30.1 Å². The molecule has 186 valence electrons. The lowest BCUT2D eigenvalue weighted by Gasteiger charge is -2.51. The van der Waals surface area contributed by atoms with E-state index in [4.69, 9.17) is 0 Å². The maximum atomic E-state index is 12.5. The van der Waals surface area contributed by atoms with Gasteiger partial charge < -0.3 is 10.4 Å². The summed E-state index contributed by atoms with van der Waals surface area (Å²) in [5, 5.41) is 23.5. The smallest absolute Gasteiger partial charge is 0.226 e. The number of aromatic nitrogens is 1. The largest absolute Gasteiger partial charge is 0.508 e. The van der Waals surface area contributed by atoms with Crippen molar-refractivity contribution >= 4 is 28.7 Å². The van der Waals surface area contributed by atoms with Gasteiger partial charge in [-0.15, -0.1) is 11.3 Å². The second-order valence-electron chi connectivity index (χ2n) is 10.6. The number of hydrogen-bond acceptors (Lipinski definition) is 7. The van der Waals surface area contributed by atoms with Crippen LogP contribution in [-0.2, 0) is 16.0 Å². The minimum atomic E-state index is -0.300. The molecule has 1 aromatic carbocycles. The van der Waals surface area contributed by atoms with E-state index in [0.717, 1.165) is 43.3 Å². The van der Waals surface area contributed by atoms with Gasteiger partial charge in [-0.3, -0.25) is 20.3 Å². The number of carbonyl (C=O) groups excluding carboxylic acids is 2. The molecular formula is C27H33N3O4S. The van der Waals surface area contributed by atoms with Crippen LogP contribution in [-0.4, -0.2) is 27.5 Å². The molecule has 4 N–H and O–H groups in total. The van der Waals surface area contributed by atoms with E-state index in [2.05, 4.69) is 28.8 Å². The van der Waals surface area contributed by atoms with Gasteiger partial charge >= 0.3 is 0 Å². The Morgan fingerprint density at radius 3 is 2.89 bits per heavy atom. The number of amides is 1. The molecule has 35 heavy (non-hydrogen) atoms. The summed E-state index contributed by atoms with van der Waals surface area (Å²) in [6.07, 6.45) is 8.14. The minimum Gasteiger partial charge on any atom is -0.508 e. The molecular weight excluding hydrogens is 462 g/mol. The summed E-state index contributed by atoms with van der Waals surface area (Å²) in [5.41, 5.74) is 5.99. The van der Waals surface area contributed by atoms with Gasteiger partial charge in [0.25, 0.3) is 0 Å². The number of aldehydes is 1. The zero-order valence-electron chi connectivity index (χ0n) is 20.2. The Kier molecular flexibility index (Phi) is 6.44. The van der Waals surface area contributed by atoms with Crippen LogP contribution < -0.4 is 10.8 Å². The lowest BCUT2D eigenvalue weighted by molar-refractivity contribution is -0.116. The molecule has 0 aliphatic heterocycles. The highest BCUT2D eigenvalue weighted by atomic mass is 32.1. The summed E-state index contributed by atoms with van der Waals surface area (Å²) in [6.45, 7) is 4.13. The van der Waals surface area contributed by atoms with Crippen molar-refractivity contribution in [1.29, 1.82) is 0 Å². The van der Waals surface area contributed by atoms with Crippen LogP contribution in [0.5, 0.6) is 5.75 Å². The molecule has 7 nitrogen and oxygen atoms in total. The van der Waals surface area contributed by atoms with E-state index in [1.165, 1.54) is 22.5 Å². The Morgan fingerprint density at radius 1 is 1.34 bits per heavy atom. The number of benzene rings is 1. The van der Waals surface area contributed by atoms with Crippen molar-refractivity contribution in [1.82, 2.24) is 10.5 Å². The third-order valence-corrected chi connectivity index (χ3v) is 9.51. The first-order valence-electron chi connectivity index (χ1n) is 12.5. The number of hydroxylamine groups is 1. The van der Waals surface area contributed by atoms with E-state index in [1.807, 2.05) is 13.0 Å². The van der Waals surface area contributed by atoms with Gasteiger partial charge in [0, 0.05) is 28.5 Å². The van der Waals surface area contributed by atoms with Gasteiger partial charge in [0.15, 0.2) is 5.13 Å². The SMILES string of the molecule is Cc1cnc(NC(=O)CCC[C@@H]2C(C=O)=C(NO)[C@@]3(C)CCC4c5ccc(O)cc5CCC4C23)s1. The van der Waals surface area contributed by atoms with Gasteiger partial charge in [0.1, 0.15) is 12.0 Å². The first kappa shape index (κ1) is 24.0. The number of aromatic hydroxyl groups is 1. The van der Waals surface area contributed by atoms with Crippen molar-refractivity contribution < 1.29 is 19.9 Å². The fourth-order valence-electron chi connectivity index (χ4n) is 7.31. The number of anilines is 1. The molecule has 5 atom stereocenters. The molecule has 1 aromatic heterocycles. The average molecular weight is 496 g/mol. The van der Waals surface area contributed by atoms with Crippen molar-refractivity contribution in [2.75, 3.05) is 5.32 Å². The van der Waals surface area contributed by atoms with E-state index in [9.17, 15) is 19.9 Å². The monoisotopic (exact) mass is 495 g/mol. The number of hydrogen-bond donors (Lipinski definition) is 4. The van der Waals surface area contributed by atoms with Crippen molar-refractivity contribution in [3.8, 4) is 5.75 Å². The number of allylic oxidation sites excluding steroid dienone is 2. The lowest BCUT2D eigenvalue weighted by atomic mass is 9.53. The van der Waals surface area contributed by atoms with E-state index in [1.54, 1.807) is 12.3 Å². The van der Waals surface area contributed by atoms with Gasteiger partial charge in [-0.1, -0.05) is 13.0 Å². The number of fused-ring (bicyclic) bond motifs is 5. The number of rotatable bonds is 7. The molecule has 1 saturated carbocycles. The number of aryl methyl sites for hydroxylation is 2. The summed E-state index contributed by atoms with van der Waals surface area (Å²) >= 11 is 1.46. The third kappa shape index (κ3) is 4.16. The van der Waals surface area contributed by atoms with E-state index < -0.39 is 0 Å². The summed E-state index contributed by atoms with van der Waals surface area (Å²) in [5.74, 6) is 1.21. The normalized spacial score (nSPS) is 29.2. The average Bonchev–Trinajstić information content (AvgIpc) is 3.35. The van der Waals surface area contributed by atoms with Gasteiger partial charge in [0.05, 0.1) is 5.70 Å². The van der Waals surface area contributed by atoms with Gasteiger partial charge in [-0.05, 0) is 92.4 Å². The van der Waals surface area contributed by atoms with Crippen LogP contribution >= 0.6 is 11.3 Å². The van der Waals surface area contributed by atoms with Crippen molar-refractivity contribution in [2.24, 2.45) is 23.2 Å². The van der Waals surface area contributed by atoms with E-state index >= 15 is 0 Å². The van der Waals surface area contributed by atoms with Crippen LogP contribution in [0.1, 0.15) is 67.4 Å². The van der Waals surface area contributed by atoms with Gasteiger partial charge in [0.2, 0.25) is 5.91 Å². The maximum absolute atomic E-state index is 12.5. The lowest BCUT2D eigenvalue weighted by Crippen LogP contribution is -2.45. The molecule has 0 spiro atoms. The molecule has 2 aromatic rings. The molecule has 0 bridgehead atoms. The van der Waals surface area contributed by atoms with Crippen LogP contribution in [0.25, 0.3) is 0 Å². The number of nitrogens with zero attached hydrogens (tertiary/aromatic N) is 1. The highest BCUT2D eigenvalue weighted by Gasteiger charge is 2.58. The third-order valence-electron chi connectivity index (χ3n) is 8.68. The molecule has 1 fully saturated rings. The fourth-order valence-corrected chi connectivity index (χ4v) is 7.99. The second kappa shape index (κ2) is 9.39. The van der Waals surface area contributed by atoms with Gasteiger partial charge in [-0.25, -0.2) is 4.98 Å². The number of phenols is 1. The second-order valence-corrected chi connectivity index (χ2v) is 11.8. The predicted molar refractivity (Wildman–Crippen MR) is 134 cm³/mol. The summed E-state index contributed by atoms with van der Waals surface area (Å²) in [4.78, 5) is 30.0. The van der Waals surface area contributed by atoms with Crippen molar-refractivity contribution in [3.63, 3.8) is 0 Å². The van der Waals surface area contributed by atoms with Crippen molar-refractivity contribution in [2.45, 2.75) is 64.7 Å². The first-order chi connectivity index (χ1) is 16.9. The highest BCUT2D eigenvalue weighted by molar-refractivity contribution is 7.15. The van der Waals surface area contributed by atoms with Gasteiger partial charge in [-0.2, -0.15) is 0 Å². The predicted octanol–water partition coefficient (Wildman–Crippen LogP) is 5.09. The number of carbonyl (C=O) groups is 2. The Labute approximate surface area is 209 Å². The number of phenolic OH excluding ortho intramolecular Hbond substituents is 1. The number of thiazole rings is 1. The number of nitrogens with one attached hydrogen (secondary N) is 2. The Hall–Kier alpha value is -2.71. The molecule has 8 heteroatoms. The zero-order chi connectivity index (χ0) is 24.7. The molecule has 0 radical (unpaired) electrons. The standard InChI is InChI=1S/C27H33N3O4S/c1-15-13-28-26(35-15)29-23(33)5-3-4-20-22(14-31)25(30-34)27(2)11-10-19-18-9-7-17(32)12-16(18)6-8-21(19)24(20)27/h7,9,12-14,19-21,24,30,32,34H,3-6,8,10-11H2,1-2H3,(H,28,29,33)/t19?,20-,21?,24?,27+/m1/s1. The molecule has 1 heterocycles. The van der Waals surface area contributed by atoms with Crippen molar-refractivity contribution in [3.05, 3.63) is 51.7 Å².